The van der Waals surface area contributed by atoms with Gasteiger partial charge in [0.1, 0.15) is 5.65 Å². The Morgan fingerprint density at radius 2 is 1.88 bits per heavy atom. The zero-order valence-corrected chi connectivity index (χ0v) is 18.6. The Labute approximate surface area is 184 Å². The van der Waals surface area contributed by atoms with Gasteiger partial charge >= 0.3 is 6.09 Å². The van der Waals surface area contributed by atoms with Gasteiger partial charge in [-0.05, 0) is 56.2 Å². The molecule has 172 valence electrons. The summed E-state index contributed by atoms with van der Waals surface area (Å²) >= 11 is 0. The van der Waals surface area contributed by atoms with Gasteiger partial charge in [0, 0.05) is 30.2 Å². The van der Waals surface area contributed by atoms with Gasteiger partial charge in [-0.2, -0.15) is 0 Å². The highest BCUT2D eigenvalue weighted by Crippen LogP contribution is 2.31. The fraction of sp³-hybridized carbons (Fsp3) is 0.333. The molecule has 2 aromatic heterocycles. The molecule has 3 aromatic rings. The van der Waals surface area contributed by atoms with E-state index >= 15 is 0 Å². The van der Waals surface area contributed by atoms with E-state index in [0.717, 1.165) is 4.90 Å². The number of fused-ring (bicyclic) bond motifs is 1. The van der Waals surface area contributed by atoms with E-state index in [1.54, 1.807) is 39.0 Å². The average molecular weight is 467 g/mol. The van der Waals surface area contributed by atoms with Crippen LogP contribution in [0.25, 0.3) is 22.2 Å². The molecule has 0 fully saturated rings. The van der Waals surface area contributed by atoms with E-state index in [0.29, 0.717) is 22.2 Å². The number of aromatic amines is 1. The Balaban J connectivity index is 1.78. The third-order valence-corrected chi connectivity index (χ3v) is 6.41. The molecule has 32 heavy (non-hydrogen) atoms. The summed E-state index contributed by atoms with van der Waals surface area (Å²) in [5.41, 5.74) is 0.683. The van der Waals surface area contributed by atoms with E-state index in [-0.39, 0.29) is 23.7 Å². The van der Waals surface area contributed by atoms with Crippen molar-refractivity contribution in [3.63, 3.8) is 0 Å². The van der Waals surface area contributed by atoms with Crippen molar-refractivity contribution in [3.05, 3.63) is 48.3 Å². The maximum atomic E-state index is 13.0. The quantitative estimate of drug-likeness (QED) is 0.482. The number of carbonyl (C=O) groups is 1. The van der Waals surface area contributed by atoms with Gasteiger partial charge in [0.15, 0.2) is 0 Å². The van der Waals surface area contributed by atoms with Crippen LogP contribution in [0.3, 0.4) is 0 Å². The lowest BCUT2D eigenvalue weighted by atomic mass is 10.0. The van der Waals surface area contributed by atoms with Gasteiger partial charge in [-0.1, -0.05) is 12.1 Å². The molecule has 2 heterocycles. The maximum Gasteiger partial charge on any atom is 0.407 e. The highest BCUT2D eigenvalue weighted by molar-refractivity contribution is 7.89. The van der Waals surface area contributed by atoms with Crippen LogP contribution in [0.2, 0.25) is 0 Å². The van der Waals surface area contributed by atoms with E-state index in [9.17, 15) is 27.1 Å². The standard InChI is InChI=1S/C21H24F2N4O4S/c1-21(2,3)27(20(28)29)11-10-25-32(30,31)14-6-4-13(5-7-14)15-8-9-24-19-16(15)12-17(26-19)18(22)23/h4-9,12,18,25H,10-11H2,1-3H3,(H,24,26)(H,28,29). The lowest BCUT2D eigenvalue weighted by Gasteiger charge is -2.33. The number of aromatic nitrogens is 2. The Hall–Kier alpha value is -3.05. The SMILES string of the molecule is CC(C)(C)N(CCNS(=O)(=O)c1ccc(-c2ccnc3[nH]c(C(F)F)cc23)cc1)C(=O)O. The van der Waals surface area contributed by atoms with Crippen molar-refractivity contribution in [3.8, 4) is 11.1 Å². The van der Waals surface area contributed by atoms with Crippen LogP contribution in [0.1, 0.15) is 32.9 Å². The van der Waals surface area contributed by atoms with Crippen molar-refractivity contribution in [1.82, 2.24) is 19.6 Å². The summed E-state index contributed by atoms with van der Waals surface area (Å²) in [7, 11) is -3.86. The monoisotopic (exact) mass is 466 g/mol. The molecule has 11 heteroatoms. The molecule has 0 aliphatic carbocycles. The molecule has 3 rings (SSSR count). The van der Waals surface area contributed by atoms with Crippen molar-refractivity contribution in [2.24, 2.45) is 0 Å². The van der Waals surface area contributed by atoms with Gasteiger partial charge in [-0.15, -0.1) is 0 Å². The predicted molar refractivity (Wildman–Crippen MR) is 116 cm³/mol. The number of rotatable bonds is 7. The van der Waals surface area contributed by atoms with Gasteiger partial charge in [-0.25, -0.2) is 31.7 Å². The molecule has 1 amide bonds. The molecular weight excluding hydrogens is 442 g/mol. The molecule has 0 aliphatic rings. The molecule has 0 radical (unpaired) electrons. The zero-order valence-electron chi connectivity index (χ0n) is 17.8. The minimum absolute atomic E-state index is 0.00604. The van der Waals surface area contributed by atoms with Gasteiger partial charge < -0.3 is 15.0 Å². The van der Waals surface area contributed by atoms with E-state index in [4.69, 9.17) is 0 Å². The molecule has 0 bridgehead atoms. The maximum absolute atomic E-state index is 13.0. The van der Waals surface area contributed by atoms with Crippen LogP contribution in [-0.4, -0.2) is 53.1 Å². The highest BCUT2D eigenvalue weighted by atomic mass is 32.2. The first kappa shape index (κ1) is 23.6. The first-order valence-corrected chi connectivity index (χ1v) is 11.2. The molecule has 0 saturated heterocycles. The van der Waals surface area contributed by atoms with Crippen molar-refractivity contribution in [2.75, 3.05) is 13.1 Å². The number of carboxylic acid groups (broad SMARTS) is 1. The number of hydrogen-bond acceptors (Lipinski definition) is 4. The lowest BCUT2D eigenvalue weighted by molar-refractivity contribution is 0.102. The molecule has 0 atom stereocenters. The number of halogens is 2. The summed E-state index contributed by atoms with van der Waals surface area (Å²) in [5, 5.41) is 9.81. The number of pyridine rings is 1. The molecule has 0 aliphatic heterocycles. The van der Waals surface area contributed by atoms with Crippen molar-refractivity contribution in [2.45, 2.75) is 37.6 Å². The van der Waals surface area contributed by atoms with Crippen LogP contribution in [0.15, 0.2) is 47.5 Å². The minimum atomic E-state index is -3.86. The normalized spacial score (nSPS) is 12.4. The molecule has 0 saturated carbocycles. The van der Waals surface area contributed by atoms with Gasteiger partial charge in [0.25, 0.3) is 6.43 Å². The summed E-state index contributed by atoms with van der Waals surface area (Å²) in [6, 6.07) is 8.97. The highest BCUT2D eigenvalue weighted by Gasteiger charge is 2.26. The van der Waals surface area contributed by atoms with E-state index in [1.807, 2.05) is 0 Å². The number of sulfonamides is 1. The zero-order chi connectivity index (χ0) is 23.7. The second-order valence-electron chi connectivity index (χ2n) is 8.17. The topological polar surface area (TPSA) is 115 Å². The molecule has 0 spiro atoms. The second kappa shape index (κ2) is 8.83. The van der Waals surface area contributed by atoms with Crippen molar-refractivity contribution >= 4 is 27.1 Å². The lowest BCUT2D eigenvalue weighted by Crippen LogP contribution is -2.48. The molecule has 1 aromatic carbocycles. The summed E-state index contributed by atoms with van der Waals surface area (Å²) in [5.74, 6) is 0. The largest absolute Gasteiger partial charge is 0.465 e. The number of nitrogens with zero attached hydrogens (tertiary/aromatic N) is 2. The third-order valence-electron chi connectivity index (χ3n) is 4.93. The second-order valence-corrected chi connectivity index (χ2v) is 9.94. The number of hydrogen-bond donors (Lipinski definition) is 3. The molecular formula is C21H24F2N4O4S. The number of alkyl halides is 2. The first-order valence-electron chi connectivity index (χ1n) is 9.76. The summed E-state index contributed by atoms with van der Waals surface area (Å²) in [6.07, 6.45) is -2.31. The Morgan fingerprint density at radius 1 is 1.22 bits per heavy atom. The van der Waals surface area contributed by atoms with E-state index in [2.05, 4.69) is 14.7 Å². The van der Waals surface area contributed by atoms with Crippen molar-refractivity contribution < 1.29 is 27.1 Å². The van der Waals surface area contributed by atoms with E-state index in [1.165, 1.54) is 24.4 Å². The van der Waals surface area contributed by atoms with Gasteiger partial charge in [-0.3, -0.25) is 0 Å². The van der Waals surface area contributed by atoms with Crippen LogP contribution < -0.4 is 4.72 Å². The van der Waals surface area contributed by atoms with Crippen LogP contribution in [-0.2, 0) is 10.0 Å². The van der Waals surface area contributed by atoms with Gasteiger partial charge in [0.05, 0.1) is 10.6 Å². The number of amides is 1. The predicted octanol–water partition coefficient (Wildman–Crippen LogP) is 4.22. The Morgan fingerprint density at radius 3 is 2.44 bits per heavy atom. The Kier molecular flexibility index (Phi) is 6.51. The average Bonchev–Trinajstić information content (AvgIpc) is 3.15. The van der Waals surface area contributed by atoms with Crippen molar-refractivity contribution in [1.29, 1.82) is 0 Å². The summed E-state index contributed by atoms with van der Waals surface area (Å²) < 4.78 is 53.6. The smallest absolute Gasteiger partial charge is 0.407 e. The van der Waals surface area contributed by atoms with Gasteiger partial charge in [0.2, 0.25) is 10.0 Å². The fourth-order valence-electron chi connectivity index (χ4n) is 3.32. The Bertz CT molecular complexity index is 1220. The summed E-state index contributed by atoms with van der Waals surface area (Å²) in [4.78, 5) is 19.2. The molecule has 8 nitrogen and oxygen atoms in total. The molecule has 3 N–H and O–H groups in total. The number of H-pyrrole nitrogens is 1. The molecule has 0 unspecified atom stereocenters. The first-order chi connectivity index (χ1) is 14.9. The fourth-order valence-corrected chi connectivity index (χ4v) is 4.34. The minimum Gasteiger partial charge on any atom is -0.465 e. The van der Waals surface area contributed by atoms with Crippen LogP contribution >= 0.6 is 0 Å². The number of nitrogens with one attached hydrogen (secondary N) is 2. The number of benzene rings is 1. The van der Waals surface area contributed by atoms with Crippen LogP contribution in [0, 0.1) is 0 Å². The summed E-state index contributed by atoms with van der Waals surface area (Å²) in [6.45, 7) is 5.07. The van der Waals surface area contributed by atoms with Crippen LogP contribution in [0.5, 0.6) is 0 Å². The third kappa shape index (κ3) is 5.05. The van der Waals surface area contributed by atoms with E-state index < -0.39 is 28.1 Å². The van der Waals surface area contributed by atoms with Crippen LogP contribution in [0.4, 0.5) is 13.6 Å².